The topological polar surface area (TPSA) is 72.6 Å². The Morgan fingerprint density at radius 3 is 2.83 bits per heavy atom. The molecule has 0 saturated heterocycles. The average molecular weight is 324 g/mol. The fourth-order valence-electron chi connectivity index (χ4n) is 2.83. The highest BCUT2D eigenvalue weighted by atomic mass is 16.7. The first-order valence-corrected chi connectivity index (χ1v) is 7.53. The molecule has 0 atom stereocenters. The standard InChI is InChI=1S/C18H16N2O4/c1-10-13-8-12(22-2)4-5-14(13)20-17(10)18(21)19-11-3-6-15-16(7-11)24-9-23-15/h3-8,20H,9H2,1-2H3,(H,19,21). The molecule has 0 fully saturated rings. The summed E-state index contributed by atoms with van der Waals surface area (Å²) >= 11 is 0. The molecule has 0 aliphatic carbocycles. The molecule has 2 aromatic carbocycles. The third-order valence-corrected chi connectivity index (χ3v) is 4.12. The molecule has 0 saturated carbocycles. The number of carbonyl (C=O) groups is 1. The molecule has 0 bridgehead atoms. The summed E-state index contributed by atoms with van der Waals surface area (Å²) in [6, 6.07) is 11.0. The normalized spacial score (nSPS) is 12.4. The number of rotatable bonds is 3. The maximum atomic E-state index is 12.6. The van der Waals surface area contributed by atoms with Crippen molar-refractivity contribution < 1.29 is 19.0 Å². The SMILES string of the molecule is COc1ccc2[nH]c(C(=O)Nc3ccc4c(c3)OCO4)c(C)c2c1. The Morgan fingerprint density at radius 1 is 1.17 bits per heavy atom. The second-order valence-corrected chi connectivity index (χ2v) is 5.56. The summed E-state index contributed by atoms with van der Waals surface area (Å²) in [6.45, 7) is 2.11. The number of aromatic nitrogens is 1. The van der Waals surface area contributed by atoms with Crippen LogP contribution < -0.4 is 19.5 Å². The third-order valence-electron chi connectivity index (χ3n) is 4.12. The van der Waals surface area contributed by atoms with Crippen LogP contribution in [-0.2, 0) is 0 Å². The van der Waals surface area contributed by atoms with Gasteiger partial charge in [-0.05, 0) is 42.8 Å². The molecule has 0 unspecified atom stereocenters. The summed E-state index contributed by atoms with van der Waals surface area (Å²) in [4.78, 5) is 15.8. The average Bonchev–Trinajstić information content (AvgIpc) is 3.18. The molecule has 6 heteroatoms. The number of methoxy groups -OCH3 is 1. The van der Waals surface area contributed by atoms with E-state index in [0.717, 1.165) is 22.2 Å². The molecule has 0 radical (unpaired) electrons. The fraction of sp³-hybridized carbons (Fsp3) is 0.167. The largest absolute Gasteiger partial charge is 0.497 e. The Balaban J connectivity index is 1.64. The van der Waals surface area contributed by atoms with Crippen LogP contribution in [0.15, 0.2) is 36.4 Å². The number of nitrogens with one attached hydrogen (secondary N) is 2. The summed E-state index contributed by atoms with van der Waals surface area (Å²) in [5.41, 5.74) is 2.95. The van der Waals surface area contributed by atoms with Gasteiger partial charge >= 0.3 is 0 Å². The quantitative estimate of drug-likeness (QED) is 0.774. The van der Waals surface area contributed by atoms with Crippen LogP contribution >= 0.6 is 0 Å². The van der Waals surface area contributed by atoms with Crippen LogP contribution in [0.25, 0.3) is 10.9 Å². The second kappa shape index (κ2) is 5.49. The van der Waals surface area contributed by atoms with Gasteiger partial charge in [-0.2, -0.15) is 0 Å². The molecule has 3 aromatic rings. The molecule has 24 heavy (non-hydrogen) atoms. The molecule has 2 N–H and O–H groups in total. The van der Waals surface area contributed by atoms with E-state index in [1.54, 1.807) is 25.3 Å². The number of ether oxygens (including phenoxy) is 3. The highest BCUT2D eigenvalue weighted by Gasteiger charge is 2.18. The molecular weight excluding hydrogens is 308 g/mol. The highest BCUT2D eigenvalue weighted by molar-refractivity contribution is 6.08. The first-order valence-electron chi connectivity index (χ1n) is 7.53. The maximum absolute atomic E-state index is 12.6. The van der Waals surface area contributed by atoms with Crippen LogP contribution in [0.5, 0.6) is 17.2 Å². The highest BCUT2D eigenvalue weighted by Crippen LogP contribution is 2.34. The van der Waals surface area contributed by atoms with Crippen LogP contribution in [0.2, 0.25) is 0 Å². The van der Waals surface area contributed by atoms with Crippen molar-refractivity contribution in [2.24, 2.45) is 0 Å². The Kier molecular flexibility index (Phi) is 3.30. The lowest BCUT2D eigenvalue weighted by Gasteiger charge is -2.06. The van der Waals surface area contributed by atoms with Crippen LogP contribution in [0.3, 0.4) is 0 Å². The predicted molar refractivity (Wildman–Crippen MR) is 90.1 cm³/mol. The van der Waals surface area contributed by atoms with Crippen molar-refractivity contribution in [3.05, 3.63) is 47.7 Å². The summed E-state index contributed by atoms with van der Waals surface area (Å²) in [5.74, 6) is 1.86. The van der Waals surface area contributed by atoms with E-state index in [0.29, 0.717) is 22.9 Å². The van der Waals surface area contributed by atoms with Gasteiger partial charge in [-0.25, -0.2) is 0 Å². The molecule has 122 valence electrons. The third kappa shape index (κ3) is 2.32. The number of H-pyrrole nitrogens is 1. The number of aryl methyl sites for hydroxylation is 1. The maximum Gasteiger partial charge on any atom is 0.272 e. The molecular formula is C18H16N2O4. The number of hydrogen-bond donors (Lipinski definition) is 2. The number of anilines is 1. The number of fused-ring (bicyclic) bond motifs is 2. The first-order chi connectivity index (χ1) is 11.7. The van der Waals surface area contributed by atoms with Crippen molar-refractivity contribution in [3.63, 3.8) is 0 Å². The number of benzene rings is 2. The van der Waals surface area contributed by atoms with Gasteiger partial charge in [0.25, 0.3) is 5.91 Å². The summed E-state index contributed by atoms with van der Waals surface area (Å²) in [6.07, 6.45) is 0. The minimum absolute atomic E-state index is 0.204. The lowest BCUT2D eigenvalue weighted by atomic mass is 10.1. The molecule has 1 aliphatic rings. The van der Waals surface area contributed by atoms with E-state index in [4.69, 9.17) is 14.2 Å². The van der Waals surface area contributed by atoms with Gasteiger partial charge in [0.15, 0.2) is 11.5 Å². The zero-order valence-corrected chi connectivity index (χ0v) is 13.3. The molecule has 2 heterocycles. The van der Waals surface area contributed by atoms with E-state index in [1.807, 2.05) is 25.1 Å². The number of carbonyl (C=O) groups excluding carboxylic acids is 1. The monoisotopic (exact) mass is 324 g/mol. The lowest BCUT2D eigenvalue weighted by Crippen LogP contribution is -2.13. The van der Waals surface area contributed by atoms with Gasteiger partial charge in [0.05, 0.1) is 7.11 Å². The van der Waals surface area contributed by atoms with Crippen LogP contribution in [-0.4, -0.2) is 24.8 Å². The molecule has 4 rings (SSSR count). The number of amides is 1. The van der Waals surface area contributed by atoms with Crippen molar-refractivity contribution >= 4 is 22.5 Å². The van der Waals surface area contributed by atoms with E-state index in [2.05, 4.69) is 10.3 Å². The fourth-order valence-corrected chi connectivity index (χ4v) is 2.83. The smallest absolute Gasteiger partial charge is 0.272 e. The minimum atomic E-state index is -0.207. The van der Waals surface area contributed by atoms with Gasteiger partial charge in [-0.1, -0.05) is 0 Å². The second-order valence-electron chi connectivity index (χ2n) is 5.56. The Morgan fingerprint density at radius 2 is 2.00 bits per heavy atom. The van der Waals surface area contributed by atoms with Crippen molar-refractivity contribution in [3.8, 4) is 17.2 Å². The van der Waals surface area contributed by atoms with Gasteiger partial charge in [-0.15, -0.1) is 0 Å². The Hall–Kier alpha value is -3.15. The summed E-state index contributed by atoms with van der Waals surface area (Å²) in [7, 11) is 1.62. The van der Waals surface area contributed by atoms with E-state index in [-0.39, 0.29) is 12.7 Å². The van der Waals surface area contributed by atoms with E-state index in [1.165, 1.54) is 0 Å². The van der Waals surface area contributed by atoms with E-state index in [9.17, 15) is 4.79 Å². The zero-order valence-electron chi connectivity index (χ0n) is 13.3. The molecule has 1 aliphatic heterocycles. The molecule has 1 amide bonds. The lowest BCUT2D eigenvalue weighted by molar-refractivity contribution is 0.102. The summed E-state index contributed by atoms with van der Waals surface area (Å²) < 4.78 is 15.8. The van der Waals surface area contributed by atoms with Gasteiger partial charge in [0, 0.05) is 22.7 Å². The van der Waals surface area contributed by atoms with Crippen molar-refractivity contribution in [2.45, 2.75) is 6.92 Å². The van der Waals surface area contributed by atoms with Crippen LogP contribution in [0.4, 0.5) is 5.69 Å². The predicted octanol–water partition coefficient (Wildman–Crippen LogP) is 3.47. The van der Waals surface area contributed by atoms with Gasteiger partial charge in [0.2, 0.25) is 6.79 Å². The Bertz CT molecular complexity index is 946. The molecule has 1 aromatic heterocycles. The van der Waals surface area contributed by atoms with Crippen molar-refractivity contribution in [2.75, 3.05) is 19.2 Å². The molecule has 0 spiro atoms. The van der Waals surface area contributed by atoms with Crippen molar-refractivity contribution in [1.29, 1.82) is 0 Å². The first kappa shape index (κ1) is 14.4. The van der Waals surface area contributed by atoms with Gasteiger partial charge < -0.3 is 24.5 Å². The van der Waals surface area contributed by atoms with Gasteiger partial charge in [0.1, 0.15) is 11.4 Å². The van der Waals surface area contributed by atoms with E-state index < -0.39 is 0 Å². The van der Waals surface area contributed by atoms with Gasteiger partial charge in [-0.3, -0.25) is 4.79 Å². The van der Waals surface area contributed by atoms with Crippen molar-refractivity contribution in [1.82, 2.24) is 4.98 Å². The van der Waals surface area contributed by atoms with Crippen LogP contribution in [0.1, 0.15) is 16.1 Å². The Labute approximate surface area is 138 Å². The minimum Gasteiger partial charge on any atom is -0.497 e. The number of aromatic amines is 1. The zero-order chi connectivity index (χ0) is 16.7. The number of hydrogen-bond acceptors (Lipinski definition) is 4. The van der Waals surface area contributed by atoms with E-state index >= 15 is 0 Å². The molecule has 6 nitrogen and oxygen atoms in total. The summed E-state index contributed by atoms with van der Waals surface area (Å²) in [5, 5.41) is 3.84. The van der Waals surface area contributed by atoms with Crippen LogP contribution in [0, 0.1) is 6.92 Å².